The first-order chi connectivity index (χ1) is 11.7. The normalized spacial score (nSPS) is 15.8. The van der Waals surface area contributed by atoms with Gasteiger partial charge in [-0.1, -0.05) is 19.1 Å². The van der Waals surface area contributed by atoms with Crippen molar-refractivity contribution < 1.29 is 19.4 Å². The molecule has 1 unspecified atom stereocenters. The number of carbonyl (C=O) groups is 1. The van der Waals surface area contributed by atoms with Crippen LogP contribution < -0.4 is 14.4 Å². The van der Waals surface area contributed by atoms with Crippen molar-refractivity contribution in [3.63, 3.8) is 0 Å². The molecule has 1 aromatic carbocycles. The van der Waals surface area contributed by atoms with Gasteiger partial charge in [-0.25, -0.2) is 14.8 Å². The fourth-order valence-corrected chi connectivity index (χ4v) is 2.56. The van der Waals surface area contributed by atoms with E-state index in [1.54, 1.807) is 0 Å². The summed E-state index contributed by atoms with van der Waals surface area (Å²) in [5.41, 5.74) is -0.0682. The van der Waals surface area contributed by atoms with Crippen molar-refractivity contribution in [2.75, 3.05) is 24.6 Å². The second kappa shape index (κ2) is 7.16. The van der Waals surface area contributed by atoms with Gasteiger partial charge in [-0.15, -0.1) is 0 Å². The van der Waals surface area contributed by atoms with Crippen LogP contribution in [0.5, 0.6) is 11.5 Å². The van der Waals surface area contributed by atoms with Crippen LogP contribution in [0.4, 0.5) is 5.82 Å². The number of benzene rings is 1. The van der Waals surface area contributed by atoms with Gasteiger partial charge in [-0.3, -0.25) is 0 Å². The molecule has 126 valence electrons. The van der Waals surface area contributed by atoms with E-state index in [-0.39, 0.29) is 11.8 Å². The van der Waals surface area contributed by atoms with Gasteiger partial charge in [-0.2, -0.15) is 0 Å². The van der Waals surface area contributed by atoms with Gasteiger partial charge in [0.25, 0.3) is 0 Å². The van der Waals surface area contributed by atoms with Gasteiger partial charge in [0.1, 0.15) is 12.4 Å². The van der Waals surface area contributed by atoms with E-state index < -0.39 is 5.97 Å². The van der Waals surface area contributed by atoms with Crippen LogP contribution in [0.25, 0.3) is 0 Å². The highest BCUT2D eigenvalue weighted by molar-refractivity contribution is 5.84. The van der Waals surface area contributed by atoms with E-state index in [1.165, 1.54) is 12.4 Å². The van der Waals surface area contributed by atoms with Gasteiger partial charge < -0.3 is 19.5 Å². The van der Waals surface area contributed by atoms with E-state index >= 15 is 0 Å². The zero-order chi connectivity index (χ0) is 16.9. The molecule has 2 aromatic rings. The first kappa shape index (κ1) is 16.0. The van der Waals surface area contributed by atoms with Crippen LogP contribution in [-0.2, 0) is 0 Å². The van der Waals surface area contributed by atoms with Crippen LogP contribution in [-0.4, -0.2) is 46.8 Å². The molecule has 0 amide bonds. The number of ether oxygens (including phenoxy) is 2. The van der Waals surface area contributed by atoms with Gasteiger partial charge in [0, 0.05) is 6.54 Å². The quantitative estimate of drug-likeness (QED) is 0.870. The molecule has 1 aliphatic rings. The van der Waals surface area contributed by atoms with Crippen LogP contribution in [0.1, 0.15) is 23.8 Å². The molecule has 0 radical (unpaired) electrons. The molecule has 1 aliphatic heterocycles. The minimum Gasteiger partial charge on any atom is -0.486 e. The largest absolute Gasteiger partial charge is 0.486 e. The van der Waals surface area contributed by atoms with Crippen molar-refractivity contribution in [2.45, 2.75) is 19.4 Å². The molecule has 0 spiro atoms. The number of para-hydroxylation sites is 2. The summed E-state index contributed by atoms with van der Waals surface area (Å²) in [5, 5.41) is 8.92. The second-order valence-electron chi connectivity index (χ2n) is 5.51. The predicted octanol–water partition coefficient (Wildman–Crippen LogP) is 2.23. The van der Waals surface area contributed by atoms with Gasteiger partial charge in [0.15, 0.2) is 23.3 Å². The van der Waals surface area contributed by atoms with Crippen LogP contribution >= 0.6 is 0 Å². The maximum absolute atomic E-state index is 10.9. The zero-order valence-corrected chi connectivity index (χ0v) is 13.4. The van der Waals surface area contributed by atoms with Crippen molar-refractivity contribution in [3.8, 4) is 11.5 Å². The van der Waals surface area contributed by atoms with E-state index in [0.717, 1.165) is 24.5 Å². The highest BCUT2D eigenvalue weighted by Crippen LogP contribution is 2.31. The Morgan fingerprint density at radius 1 is 1.29 bits per heavy atom. The summed E-state index contributed by atoms with van der Waals surface area (Å²) in [5.74, 6) is 1.03. The van der Waals surface area contributed by atoms with Crippen molar-refractivity contribution >= 4 is 11.8 Å². The molecule has 7 heteroatoms. The predicted molar refractivity (Wildman–Crippen MR) is 87.8 cm³/mol. The van der Waals surface area contributed by atoms with Crippen LogP contribution in [0, 0.1) is 0 Å². The Bertz CT molecular complexity index is 705. The fourth-order valence-electron chi connectivity index (χ4n) is 2.56. The molecule has 0 bridgehead atoms. The van der Waals surface area contributed by atoms with E-state index in [2.05, 4.69) is 16.9 Å². The van der Waals surface area contributed by atoms with E-state index in [1.807, 2.05) is 29.2 Å². The van der Waals surface area contributed by atoms with Crippen molar-refractivity contribution in [1.82, 2.24) is 9.97 Å². The second-order valence-corrected chi connectivity index (χ2v) is 5.51. The number of anilines is 1. The monoisotopic (exact) mass is 329 g/mol. The lowest BCUT2D eigenvalue weighted by molar-refractivity contribution is 0.0690. The van der Waals surface area contributed by atoms with E-state index in [4.69, 9.17) is 14.6 Å². The lowest BCUT2D eigenvalue weighted by Gasteiger charge is -2.31. The highest BCUT2D eigenvalue weighted by Gasteiger charge is 2.23. The fraction of sp³-hybridized carbons (Fsp3) is 0.353. The lowest BCUT2D eigenvalue weighted by Crippen LogP contribution is -2.41. The lowest BCUT2D eigenvalue weighted by atomic mass is 10.2. The Kier molecular flexibility index (Phi) is 4.79. The number of carboxylic acids is 1. The van der Waals surface area contributed by atoms with Crippen molar-refractivity contribution in [3.05, 3.63) is 42.4 Å². The first-order valence-corrected chi connectivity index (χ1v) is 7.86. The molecule has 1 atom stereocenters. The number of hydrogen-bond acceptors (Lipinski definition) is 6. The highest BCUT2D eigenvalue weighted by atomic mass is 16.6. The molecule has 24 heavy (non-hydrogen) atoms. The van der Waals surface area contributed by atoms with Crippen LogP contribution in [0.2, 0.25) is 0 Å². The summed E-state index contributed by atoms with van der Waals surface area (Å²) < 4.78 is 11.7. The number of fused-ring (bicyclic) bond motifs is 1. The maximum Gasteiger partial charge on any atom is 0.356 e. The summed E-state index contributed by atoms with van der Waals surface area (Å²) >= 11 is 0. The number of aromatic carboxylic acids is 1. The molecule has 0 saturated heterocycles. The molecule has 0 fully saturated rings. The van der Waals surface area contributed by atoms with Crippen LogP contribution in [0.3, 0.4) is 0 Å². The SMILES string of the molecule is CCCN(CC1COc2ccccc2O1)c1cnc(C(=O)O)cn1. The number of aromatic nitrogens is 2. The molecule has 0 saturated carbocycles. The van der Waals surface area contributed by atoms with Crippen LogP contribution in [0.15, 0.2) is 36.7 Å². The number of carboxylic acid groups (broad SMARTS) is 1. The Balaban J connectivity index is 1.71. The Hall–Kier alpha value is -2.83. The van der Waals surface area contributed by atoms with Gasteiger partial charge in [-0.05, 0) is 18.6 Å². The average molecular weight is 329 g/mol. The smallest absolute Gasteiger partial charge is 0.356 e. The Morgan fingerprint density at radius 3 is 2.75 bits per heavy atom. The van der Waals surface area contributed by atoms with Crippen molar-refractivity contribution in [1.29, 1.82) is 0 Å². The molecule has 1 aromatic heterocycles. The summed E-state index contributed by atoms with van der Waals surface area (Å²) in [6.45, 7) is 3.88. The van der Waals surface area contributed by atoms with Gasteiger partial charge in [0.05, 0.1) is 18.9 Å². The average Bonchev–Trinajstić information content (AvgIpc) is 2.61. The van der Waals surface area contributed by atoms with Gasteiger partial charge in [0.2, 0.25) is 0 Å². The molecular weight excluding hydrogens is 310 g/mol. The minimum atomic E-state index is -1.09. The van der Waals surface area contributed by atoms with Crippen molar-refractivity contribution in [2.24, 2.45) is 0 Å². The maximum atomic E-state index is 10.9. The summed E-state index contributed by atoms with van der Waals surface area (Å²) in [6.07, 6.45) is 3.55. The Labute approximate surface area is 139 Å². The topological polar surface area (TPSA) is 84.8 Å². The Morgan fingerprint density at radius 2 is 2.08 bits per heavy atom. The molecule has 2 heterocycles. The molecular formula is C17H19N3O4. The number of nitrogens with zero attached hydrogens (tertiary/aromatic N) is 3. The zero-order valence-electron chi connectivity index (χ0n) is 13.4. The number of hydrogen-bond donors (Lipinski definition) is 1. The van der Waals surface area contributed by atoms with E-state index in [9.17, 15) is 4.79 Å². The molecule has 0 aliphatic carbocycles. The first-order valence-electron chi connectivity index (χ1n) is 7.86. The van der Waals surface area contributed by atoms with Gasteiger partial charge >= 0.3 is 5.97 Å². The summed E-state index contributed by atoms with van der Waals surface area (Å²) in [4.78, 5) is 21.1. The minimum absolute atomic E-state index is 0.0682. The summed E-state index contributed by atoms with van der Waals surface area (Å²) in [6, 6.07) is 7.58. The third-order valence-corrected chi connectivity index (χ3v) is 3.67. The summed E-state index contributed by atoms with van der Waals surface area (Å²) in [7, 11) is 0. The molecule has 1 N–H and O–H groups in total. The van der Waals surface area contributed by atoms with E-state index in [0.29, 0.717) is 19.0 Å². The molecule has 7 nitrogen and oxygen atoms in total. The third-order valence-electron chi connectivity index (χ3n) is 3.67. The standard InChI is InChI=1S/C17H19N3O4/c1-2-7-20(16-9-18-13(8-19-16)17(21)22)10-12-11-23-14-5-3-4-6-15(14)24-12/h3-6,8-9,12H,2,7,10-11H2,1H3,(H,21,22). The third kappa shape index (κ3) is 3.56. The molecule has 3 rings (SSSR count). The number of rotatable bonds is 6.